The highest BCUT2D eigenvalue weighted by atomic mass is 35.5. The molecule has 0 unspecified atom stereocenters. The van der Waals surface area contributed by atoms with E-state index in [-0.39, 0.29) is 19.1 Å². The van der Waals surface area contributed by atoms with Crippen LogP contribution in [0.2, 0.25) is 5.02 Å². The predicted molar refractivity (Wildman–Crippen MR) is 140 cm³/mol. The van der Waals surface area contributed by atoms with E-state index < -0.39 is 0 Å². The molecule has 37 heavy (non-hydrogen) atoms. The van der Waals surface area contributed by atoms with Gasteiger partial charge in [-0.25, -0.2) is 0 Å². The molecule has 0 saturated carbocycles. The molecule has 0 fully saturated rings. The second-order valence-corrected chi connectivity index (χ2v) is 9.54. The molecule has 0 bridgehead atoms. The number of nitrogens with zero attached hydrogens (tertiary/aromatic N) is 1. The van der Waals surface area contributed by atoms with Crippen LogP contribution in [0, 0.1) is 0 Å². The molecule has 6 rings (SSSR count). The van der Waals surface area contributed by atoms with Gasteiger partial charge in [-0.2, -0.15) is 4.57 Å². The number of carbonyl (C=O) groups is 1. The minimum absolute atomic E-state index is 0.0692. The fourth-order valence-corrected chi connectivity index (χ4v) is 5.35. The molecule has 1 amide bonds. The SMILES string of the molecule is COc1ccc2c(CNC(=O)Cc3ccc(Cl)cc3)c3[n+](cc2c1OC)CCc1cc2c(cc1-3)OCO2. The number of rotatable bonds is 6. The number of amides is 1. The van der Waals surface area contributed by atoms with Gasteiger partial charge in [-0.1, -0.05) is 23.7 Å². The maximum absolute atomic E-state index is 13.0. The Hall–Kier alpha value is -3.97. The number of aromatic nitrogens is 1. The number of aryl methyl sites for hydroxylation is 2. The van der Waals surface area contributed by atoms with Crippen LogP contribution in [0.4, 0.5) is 0 Å². The van der Waals surface area contributed by atoms with Crippen molar-refractivity contribution in [2.75, 3.05) is 21.0 Å². The first-order valence-corrected chi connectivity index (χ1v) is 12.5. The van der Waals surface area contributed by atoms with Gasteiger partial charge < -0.3 is 24.3 Å². The Morgan fingerprint density at radius 2 is 1.81 bits per heavy atom. The molecule has 8 heteroatoms. The maximum atomic E-state index is 13.0. The van der Waals surface area contributed by atoms with E-state index in [4.69, 9.17) is 30.5 Å². The zero-order valence-electron chi connectivity index (χ0n) is 20.6. The zero-order chi connectivity index (χ0) is 25.5. The lowest BCUT2D eigenvalue weighted by atomic mass is 9.91. The number of nitrogens with one attached hydrogen (secondary N) is 1. The minimum atomic E-state index is -0.0692. The summed E-state index contributed by atoms with van der Waals surface area (Å²) in [5, 5.41) is 5.70. The molecule has 3 heterocycles. The molecule has 2 aliphatic heterocycles. The summed E-state index contributed by atoms with van der Waals surface area (Å²) in [7, 11) is 3.27. The Morgan fingerprint density at radius 1 is 1.03 bits per heavy atom. The van der Waals surface area contributed by atoms with Crippen LogP contribution in [-0.2, 0) is 30.7 Å². The first-order chi connectivity index (χ1) is 18.1. The Morgan fingerprint density at radius 3 is 2.57 bits per heavy atom. The number of benzene rings is 3. The van der Waals surface area contributed by atoms with Crippen molar-refractivity contribution in [3.05, 3.63) is 76.4 Å². The average molecular weight is 518 g/mol. The first-order valence-electron chi connectivity index (χ1n) is 12.1. The van der Waals surface area contributed by atoms with Crippen molar-refractivity contribution < 1.29 is 28.3 Å². The lowest BCUT2D eigenvalue weighted by Crippen LogP contribution is -2.42. The van der Waals surface area contributed by atoms with Crippen molar-refractivity contribution in [2.45, 2.75) is 25.9 Å². The smallest absolute Gasteiger partial charge is 0.231 e. The van der Waals surface area contributed by atoms with E-state index in [9.17, 15) is 4.79 Å². The zero-order valence-corrected chi connectivity index (χ0v) is 21.4. The molecule has 4 aromatic rings. The van der Waals surface area contributed by atoms with Gasteiger partial charge in [0.2, 0.25) is 18.4 Å². The van der Waals surface area contributed by atoms with Crippen LogP contribution in [0.25, 0.3) is 22.0 Å². The molecule has 3 aromatic carbocycles. The summed E-state index contributed by atoms with van der Waals surface area (Å²) in [6.07, 6.45) is 3.23. The first kappa shape index (κ1) is 23.4. The average Bonchev–Trinajstić information content (AvgIpc) is 3.37. The van der Waals surface area contributed by atoms with Crippen LogP contribution in [0.5, 0.6) is 23.0 Å². The number of halogens is 1. The van der Waals surface area contributed by atoms with Gasteiger partial charge in [0.05, 0.1) is 37.2 Å². The second-order valence-electron chi connectivity index (χ2n) is 9.10. The molecule has 0 radical (unpaired) electrons. The number of carbonyl (C=O) groups excluding carboxylic acids is 1. The molecule has 1 aromatic heterocycles. The van der Waals surface area contributed by atoms with Gasteiger partial charge in [-0.15, -0.1) is 0 Å². The van der Waals surface area contributed by atoms with E-state index in [0.717, 1.165) is 57.6 Å². The lowest BCUT2D eigenvalue weighted by Gasteiger charge is -2.21. The second kappa shape index (κ2) is 9.48. The number of ether oxygens (including phenoxy) is 4. The van der Waals surface area contributed by atoms with Gasteiger partial charge in [0, 0.05) is 23.4 Å². The molecule has 2 aliphatic rings. The van der Waals surface area contributed by atoms with Crippen LogP contribution in [0.1, 0.15) is 16.7 Å². The Balaban J connectivity index is 1.46. The van der Waals surface area contributed by atoms with Crippen LogP contribution >= 0.6 is 11.6 Å². The third-order valence-corrected chi connectivity index (χ3v) is 7.23. The summed E-state index contributed by atoms with van der Waals surface area (Å²) in [4.78, 5) is 13.0. The standard InChI is InChI=1S/C29H25ClN2O5/c1-34-24-8-7-20-22(14-31-27(33)11-17-3-5-19(30)6-4-17)28-21-13-26-25(36-16-37-26)12-18(21)9-10-32(28)15-23(20)29(24)35-2/h3-8,12-13,15H,9-11,14,16H2,1-2H3/p+1. The van der Waals surface area contributed by atoms with Gasteiger partial charge in [-0.3, -0.25) is 4.79 Å². The summed E-state index contributed by atoms with van der Waals surface area (Å²) >= 11 is 6.00. The van der Waals surface area contributed by atoms with Crippen LogP contribution in [-0.4, -0.2) is 26.9 Å². The van der Waals surface area contributed by atoms with E-state index >= 15 is 0 Å². The molecule has 0 spiro atoms. The van der Waals surface area contributed by atoms with Crippen molar-refractivity contribution in [1.82, 2.24) is 5.32 Å². The van der Waals surface area contributed by atoms with Gasteiger partial charge in [0.1, 0.15) is 0 Å². The minimum Gasteiger partial charge on any atom is -0.493 e. The van der Waals surface area contributed by atoms with Gasteiger partial charge in [0.15, 0.2) is 35.7 Å². The van der Waals surface area contributed by atoms with Crippen molar-refractivity contribution in [3.8, 4) is 34.3 Å². The Kier molecular flexibility index (Phi) is 6.00. The third-order valence-electron chi connectivity index (χ3n) is 6.98. The maximum Gasteiger partial charge on any atom is 0.231 e. The van der Waals surface area contributed by atoms with Crippen LogP contribution < -0.4 is 28.8 Å². The Bertz CT molecular complexity index is 1530. The van der Waals surface area contributed by atoms with E-state index in [2.05, 4.69) is 22.1 Å². The molecule has 0 atom stereocenters. The lowest BCUT2D eigenvalue weighted by molar-refractivity contribution is -0.686. The molecule has 1 N–H and O–H groups in total. The number of pyridine rings is 1. The summed E-state index contributed by atoms with van der Waals surface area (Å²) in [6, 6.07) is 15.4. The largest absolute Gasteiger partial charge is 0.493 e. The highest BCUT2D eigenvalue weighted by molar-refractivity contribution is 6.30. The fraction of sp³-hybridized carbons (Fsp3) is 0.241. The number of methoxy groups -OCH3 is 2. The van der Waals surface area contributed by atoms with E-state index in [1.807, 2.05) is 30.3 Å². The molecule has 7 nitrogen and oxygen atoms in total. The number of fused-ring (bicyclic) bond motifs is 5. The summed E-state index contributed by atoms with van der Waals surface area (Å²) < 4.78 is 24.9. The third kappa shape index (κ3) is 4.19. The van der Waals surface area contributed by atoms with E-state index in [1.165, 1.54) is 5.56 Å². The molecular weight excluding hydrogens is 492 g/mol. The summed E-state index contributed by atoms with van der Waals surface area (Å²) in [5.41, 5.74) is 5.22. The molecule has 0 aliphatic carbocycles. The van der Waals surface area contributed by atoms with Crippen molar-refractivity contribution in [2.24, 2.45) is 0 Å². The quantitative estimate of drug-likeness (QED) is 0.378. The highest BCUT2D eigenvalue weighted by Gasteiger charge is 2.32. The summed E-state index contributed by atoms with van der Waals surface area (Å²) in [6.45, 7) is 1.35. The van der Waals surface area contributed by atoms with Gasteiger partial charge >= 0.3 is 0 Å². The number of hydrogen-bond donors (Lipinski definition) is 1. The van der Waals surface area contributed by atoms with Crippen LogP contribution in [0.3, 0.4) is 0 Å². The van der Waals surface area contributed by atoms with E-state index in [0.29, 0.717) is 23.1 Å². The molecular formula is C29H26ClN2O5+. The van der Waals surface area contributed by atoms with Crippen molar-refractivity contribution >= 4 is 28.3 Å². The Labute approximate surface area is 219 Å². The molecule has 0 saturated heterocycles. The van der Waals surface area contributed by atoms with Crippen LogP contribution in [0.15, 0.2) is 54.7 Å². The highest BCUT2D eigenvalue weighted by Crippen LogP contribution is 2.43. The summed E-state index contributed by atoms with van der Waals surface area (Å²) in [5.74, 6) is 2.77. The van der Waals surface area contributed by atoms with Gasteiger partial charge in [-0.05, 0) is 47.5 Å². The van der Waals surface area contributed by atoms with Crippen molar-refractivity contribution in [1.29, 1.82) is 0 Å². The molecule has 188 valence electrons. The van der Waals surface area contributed by atoms with E-state index in [1.54, 1.807) is 26.4 Å². The number of hydrogen-bond acceptors (Lipinski definition) is 5. The van der Waals surface area contributed by atoms with Gasteiger partial charge in [0.25, 0.3) is 0 Å². The monoisotopic (exact) mass is 517 g/mol. The van der Waals surface area contributed by atoms with Crippen molar-refractivity contribution in [3.63, 3.8) is 0 Å². The topological polar surface area (TPSA) is 69.9 Å². The fourth-order valence-electron chi connectivity index (χ4n) is 5.23. The normalized spacial score (nSPS) is 13.2. The predicted octanol–water partition coefficient (Wildman–Crippen LogP) is 4.61.